The lowest BCUT2D eigenvalue weighted by molar-refractivity contribution is -0.145. The first kappa shape index (κ1) is 50.2. The number of Topliss-reactive ketones (excluding diaryl/α,β-unsaturated/α-hetero) is 5. The van der Waals surface area contributed by atoms with Crippen LogP contribution in [-0.2, 0) is 60.9 Å². The second-order valence-electron chi connectivity index (χ2n) is 15.1. The molecule has 0 aliphatic heterocycles. The van der Waals surface area contributed by atoms with Crippen molar-refractivity contribution in [2.45, 2.75) is 131 Å². The molecule has 14 heteroatoms. The minimum atomic E-state index is -1.31. The summed E-state index contributed by atoms with van der Waals surface area (Å²) >= 11 is 0. The van der Waals surface area contributed by atoms with Crippen LogP contribution in [0.5, 0.6) is 0 Å². The summed E-state index contributed by atoms with van der Waals surface area (Å²) in [4.78, 5) is 117. The number of carbonyl (C=O) groups is 9. The molecular weight excluding hydrogens is 734 g/mol. The third kappa shape index (κ3) is 20.2. The summed E-state index contributed by atoms with van der Waals surface area (Å²) in [6.07, 6.45) is 2.97. The number of esters is 1. The van der Waals surface area contributed by atoms with E-state index in [1.54, 1.807) is 45.0 Å². The van der Waals surface area contributed by atoms with Gasteiger partial charge in [0.2, 0.25) is 17.7 Å². The Balaban J connectivity index is 3.20. The maximum absolute atomic E-state index is 13.9. The van der Waals surface area contributed by atoms with Crippen LogP contribution in [0, 0.1) is 23.7 Å². The maximum Gasteiger partial charge on any atom is 0.308 e. The highest BCUT2D eigenvalue weighted by Gasteiger charge is 2.34. The van der Waals surface area contributed by atoms with Crippen LogP contribution in [0.3, 0.4) is 0 Å². The van der Waals surface area contributed by atoms with Crippen LogP contribution in [0.25, 0.3) is 0 Å². The number of ketones is 5. The molecule has 14 nitrogen and oxygen atoms in total. The highest BCUT2D eigenvalue weighted by molar-refractivity contribution is 5.98. The number of carbonyl (C=O) groups excluding carboxylic acids is 9. The zero-order chi connectivity index (χ0) is 43.1. The summed E-state index contributed by atoms with van der Waals surface area (Å²) in [5.74, 6) is -7.64. The van der Waals surface area contributed by atoms with E-state index in [0.29, 0.717) is 17.5 Å². The molecule has 4 N–H and O–H groups in total. The molecule has 1 rings (SSSR count). The Kier molecular flexibility index (Phi) is 23.7. The van der Waals surface area contributed by atoms with Crippen molar-refractivity contribution in [3.05, 3.63) is 48.0 Å². The lowest BCUT2D eigenvalue weighted by Crippen LogP contribution is -2.49. The Hall–Kier alpha value is -4.85. The Morgan fingerprint density at radius 1 is 0.754 bits per heavy atom. The van der Waals surface area contributed by atoms with E-state index in [0.717, 1.165) is 19.3 Å². The minimum Gasteiger partial charge on any atom is -0.461 e. The van der Waals surface area contributed by atoms with E-state index in [1.807, 2.05) is 0 Å². The van der Waals surface area contributed by atoms with Crippen LogP contribution in [0.2, 0.25) is 0 Å². The van der Waals surface area contributed by atoms with E-state index in [2.05, 4.69) is 29.5 Å². The fourth-order valence-electron chi connectivity index (χ4n) is 6.07. The molecule has 0 heterocycles. The van der Waals surface area contributed by atoms with Crippen molar-refractivity contribution in [3.8, 4) is 0 Å². The molecule has 0 aromatic heterocycles. The number of hydrogen-bond donors (Lipinski definition) is 4. The molecule has 1 aromatic rings. The molecule has 0 saturated carbocycles. The van der Waals surface area contributed by atoms with Crippen LogP contribution in [-0.4, -0.2) is 82.9 Å². The average molecular weight is 798 g/mol. The van der Waals surface area contributed by atoms with Gasteiger partial charge in [0.25, 0.3) is 0 Å². The maximum atomic E-state index is 13.9. The Labute approximate surface area is 336 Å². The number of nitrogens with one attached hydrogen (secondary N) is 3. The molecule has 0 aliphatic carbocycles. The van der Waals surface area contributed by atoms with Gasteiger partial charge in [-0.2, -0.15) is 0 Å². The number of rotatable bonds is 30. The summed E-state index contributed by atoms with van der Waals surface area (Å²) in [5.41, 5.74) is 1.22. The van der Waals surface area contributed by atoms with Crippen molar-refractivity contribution in [3.63, 3.8) is 0 Å². The first-order valence-corrected chi connectivity index (χ1v) is 19.8. The largest absolute Gasteiger partial charge is 0.461 e. The molecule has 0 radical (unpaired) electrons. The predicted molar refractivity (Wildman–Crippen MR) is 213 cm³/mol. The van der Waals surface area contributed by atoms with Crippen molar-refractivity contribution in [1.29, 1.82) is 0 Å². The van der Waals surface area contributed by atoms with Crippen LogP contribution in [0.4, 0.5) is 0 Å². The van der Waals surface area contributed by atoms with E-state index in [-0.39, 0.29) is 75.3 Å². The van der Waals surface area contributed by atoms with Crippen molar-refractivity contribution in [2.24, 2.45) is 23.7 Å². The first-order chi connectivity index (χ1) is 26.9. The van der Waals surface area contributed by atoms with Gasteiger partial charge in [0.05, 0.1) is 37.6 Å². The standard InChI is InChI=1S/C43H63N3O11/c1-8-10-11-12-28(5)41(54)44-25-34(50)22-33(20-30(7)49)42(55)45-36(18-13-29(6)48)39(52)23-35(27(3)4)43(56)46-37(24-40(53)57-19-9-2)38(51)21-31-14-16-32(26-47)17-15-31/h9,14-17,27-28,33,35-37,47H,2,8,10-13,18-26H2,1,3-7H3,(H,44,54)(H,45,55)(H,46,56)/t28-,33+,35-,36-,37-/m0/s1. The Morgan fingerprint density at radius 3 is 1.95 bits per heavy atom. The van der Waals surface area contributed by atoms with Gasteiger partial charge in [-0.05, 0) is 43.7 Å². The molecule has 5 atom stereocenters. The molecule has 0 bridgehead atoms. The monoisotopic (exact) mass is 797 g/mol. The number of aliphatic hydroxyl groups excluding tert-OH is 1. The van der Waals surface area contributed by atoms with Crippen LogP contribution < -0.4 is 16.0 Å². The van der Waals surface area contributed by atoms with E-state index < -0.39 is 77.8 Å². The van der Waals surface area contributed by atoms with Crippen molar-refractivity contribution >= 4 is 52.6 Å². The molecular formula is C43H63N3O11. The quantitative estimate of drug-likeness (QED) is 0.0498. The van der Waals surface area contributed by atoms with Gasteiger partial charge >= 0.3 is 5.97 Å². The third-order valence-electron chi connectivity index (χ3n) is 9.60. The van der Waals surface area contributed by atoms with E-state index >= 15 is 0 Å². The van der Waals surface area contributed by atoms with Gasteiger partial charge in [0, 0.05) is 43.9 Å². The number of amides is 3. The van der Waals surface area contributed by atoms with Gasteiger partial charge in [-0.25, -0.2) is 0 Å². The Morgan fingerprint density at radius 2 is 1.39 bits per heavy atom. The zero-order valence-corrected chi connectivity index (χ0v) is 34.5. The average Bonchev–Trinajstić information content (AvgIpc) is 3.15. The Bertz CT molecular complexity index is 1550. The summed E-state index contributed by atoms with van der Waals surface area (Å²) in [5, 5.41) is 17.2. The van der Waals surface area contributed by atoms with E-state index in [9.17, 15) is 48.3 Å². The zero-order valence-electron chi connectivity index (χ0n) is 34.5. The normalized spacial score (nSPS) is 13.6. The van der Waals surface area contributed by atoms with Crippen LogP contribution >= 0.6 is 0 Å². The highest BCUT2D eigenvalue weighted by atomic mass is 16.5. The minimum absolute atomic E-state index is 0.0866. The SMILES string of the molecule is C=CCOC(=O)C[C@H](NC(=O)[C@@H](CC(=O)[C@H](CCC(C)=O)NC(=O)[C@H](CC(C)=O)CC(=O)CNC(=O)[C@@H](C)CCCCC)C(C)C)C(=O)Cc1ccc(CO)cc1. The summed E-state index contributed by atoms with van der Waals surface area (Å²) in [6, 6.07) is 4.03. The van der Waals surface area contributed by atoms with E-state index in [1.165, 1.54) is 19.9 Å². The highest BCUT2D eigenvalue weighted by Crippen LogP contribution is 2.21. The number of benzene rings is 1. The molecule has 57 heavy (non-hydrogen) atoms. The molecule has 0 aliphatic rings. The predicted octanol–water partition coefficient (Wildman–Crippen LogP) is 3.87. The fourth-order valence-corrected chi connectivity index (χ4v) is 6.07. The van der Waals surface area contributed by atoms with Gasteiger partial charge in [0.1, 0.15) is 18.2 Å². The topological polar surface area (TPSA) is 219 Å². The van der Waals surface area contributed by atoms with Gasteiger partial charge in [-0.3, -0.25) is 33.6 Å². The molecule has 0 saturated heterocycles. The van der Waals surface area contributed by atoms with Crippen molar-refractivity contribution in [1.82, 2.24) is 16.0 Å². The van der Waals surface area contributed by atoms with Gasteiger partial charge in [-0.15, -0.1) is 0 Å². The van der Waals surface area contributed by atoms with Crippen molar-refractivity contribution < 1.29 is 53.0 Å². The van der Waals surface area contributed by atoms with Gasteiger partial charge < -0.3 is 35.4 Å². The van der Waals surface area contributed by atoms with Crippen LogP contribution in [0.1, 0.15) is 117 Å². The fraction of sp³-hybridized carbons (Fsp3) is 0.605. The van der Waals surface area contributed by atoms with Crippen LogP contribution in [0.15, 0.2) is 36.9 Å². The third-order valence-corrected chi connectivity index (χ3v) is 9.60. The number of hydrogen-bond acceptors (Lipinski definition) is 11. The summed E-state index contributed by atoms with van der Waals surface area (Å²) < 4.78 is 5.07. The first-order valence-electron chi connectivity index (χ1n) is 19.8. The molecule has 0 spiro atoms. The summed E-state index contributed by atoms with van der Waals surface area (Å²) in [6.45, 7) is 12.7. The molecule has 1 aromatic carbocycles. The number of unbranched alkanes of at least 4 members (excludes halogenated alkanes) is 2. The molecule has 3 amide bonds. The lowest BCUT2D eigenvalue weighted by atomic mass is 9.86. The molecule has 0 fully saturated rings. The number of aliphatic hydroxyl groups is 1. The number of ether oxygens (including phenoxy) is 1. The molecule has 316 valence electrons. The summed E-state index contributed by atoms with van der Waals surface area (Å²) in [7, 11) is 0. The second-order valence-corrected chi connectivity index (χ2v) is 15.1. The van der Waals surface area contributed by atoms with Gasteiger partial charge in [-0.1, -0.05) is 83.9 Å². The van der Waals surface area contributed by atoms with E-state index in [4.69, 9.17) is 4.74 Å². The second kappa shape index (κ2) is 26.9. The van der Waals surface area contributed by atoms with Crippen molar-refractivity contribution in [2.75, 3.05) is 13.2 Å². The lowest BCUT2D eigenvalue weighted by Gasteiger charge is -2.26. The molecule has 0 unspecified atom stereocenters. The van der Waals surface area contributed by atoms with Gasteiger partial charge in [0.15, 0.2) is 17.3 Å². The smallest absolute Gasteiger partial charge is 0.308 e.